The summed E-state index contributed by atoms with van der Waals surface area (Å²) in [5.74, 6) is 0.986. The second-order valence-electron chi connectivity index (χ2n) is 3.66. The number of halogens is 1. The fourth-order valence-electron chi connectivity index (χ4n) is 1.18. The Morgan fingerprint density at radius 2 is 2.25 bits per heavy atom. The predicted octanol–water partition coefficient (Wildman–Crippen LogP) is 3.52. The Morgan fingerprint density at radius 3 is 2.88 bits per heavy atom. The van der Waals surface area contributed by atoms with E-state index in [9.17, 15) is 4.79 Å². The molecule has 16 heavy (non-hydrogen) atoms. The second-order valence-corrected chi connectivity index (χ2v) is 5.08. The topological polar surface area (TPSA) is 26.3 Å². The lowest BCUT2D eigenvalue weighted by molar-refractivity contribution is -0.144. The van der Waals surface area contributed by atoms with Gasteiger partial charge in [0.1, 0.15) is 0 Å². The number of hydrogen-bond acceptors (Lipinski definition) is 3. The lowest BCUT2D eigenvalue weighted by atomic mass is 10.2. The van der Waals surface area contributed by atoms with Crippen molar-refractivity contribution in [2.45, 2.75) is 25.7 Å². The molecule has 0 unspecified atom stereocenters. The molecule has 88 valence electrons. The zero-order chi connectivity index (χ0) is 12.0. The van der Waals surface area contributed by atoms with Crippen LogP contribution in [0.3, 0.4) is 0 Å². The molecule has 0 aromatic heterocycles. The number of esters is 1. The monoisotopic (exact) mass is 258 g/mol. The third-order valence-corrected chi connectivity index (χ3v) is 2.96. The van der Waals surface area contributed by atoms with Crippen molar-refractivity contribution in [1.29, 1.82) is 0 Å². The van der Waals surface area contributed by atoms with Crippen LogP contribution in [-0.2, 0) is 15.3 Å². The van der Waals surface area contributed by atoms with Crippen LogP contribution in [0.25, 0.3) is 0 Å². The number of carbonyl (C=O) groups is 1. The minimum Gasteiger partial charge on any atom is -0.462 e. The third kappa shape index (κ3) is 5.42. The van der Waals surface area contributed by atoms with Crippen LogP contribution >= 0.6 is 23.4 Å². The van der Waals surface area contributed by atoms with Crippen LogP contribution in [0.2, 0.25) is 5.02 Å². The van der Waals surface area contributed by atoms with Gasteiger partial charge in [-0.15, -0.1) is 11.8 Å². The summed E-state index contributed by atoms with van der Waals surface area (Å²) in [7, 11) is 0. The van der Waals surface area contributed by atoms with E-state index in [4.69, 9.17) is 16.3 Å². The lowest BCUT2D eigenvalue weighted by Gasteiger charge is -2.07. The largest absolute Gasteiger partial charge is 0.462 e. The highest BCUT2D eigenvalue weighted by molar-refractivity contribution is 7.99. The minimum atomic E-state index is -0.165. The molecule has 0 bridgehead atoms. The van der Waals surface area contributed by atoms with Crippen LogP contribution in [0.15, 0.2) is 24.3 Å². The molecule has 0 N–H and O–H groups in total. The van der Waals surface area contributed by atoms with Crippen LogP contribution in [0.4, 0.5) is 0 Å². The predicted molar refractivity (Wildman–Crippen MR) is 68.8 cm³/mol. The van der Waals surface area contributed by atoms with E-state index in [0.29, 0.717) is 5.75 Å². The Morgan fingerprint density at radius 1 is 1.50 bits per heavy atom. The van der Waals surface area contributed by atoms with Crippen LogP contribution in [0, 0.1) is 0 Å². The maximum atomic E-state index is 11.2. The van der Waals surface area contributed by atoms with E-state index in [0.717, 1.165) is 16.3 Å². The fraction of sp³-hybridized carbons (Fsp3) is 0.417. The summed E-state index contributed by atoms with van der Waals surface area (Å²) in [6.45, 7) is 3.69. The lowest BCUT2D eigenvalue weighted by Crippen LogP contribution is -2.13. The van der Waals surface area contributed by atoms with Gasteiger partial charge in [0, 0.05) is 10.8 Å². The van der Waals surface area contributed by atoms with E-state index in [1.54, 1.807) is 0 Å². The van der Waals surface area contributed by atoms with Gasteiger partial charge in [0.15, 0.2) is 0 Å². The Hall–Kier alpha value is -0.670. The van der Waals surface area contributed by atoms with Gasteiger partial charge in [0.05, 0.1) is 11.9 Å². The summed E-state index contributed by atoms with van der Waals surface area (Å²) in [6, 6.07) is 7.64. The SMILES string of the molecule is CC(C)OC(=O)CSCc1cccc(Cl)c1. The molecule has 2 nitrogen and oxygen atoms in total. The van der Waals surface area contributed by atoms with Crippen molar-refractivity contribution < 1.29 is 9.53 Å². The molecule has 1 rings (SSSR count). The van der Waals surface area contributed by atoms with Crippen molar-refractivity contribution in [1.82, 2.24) is 0 Å². The van der Waals surface area contributed by atoms with Gasteiger partial charge in [0.25, 0.3) is 0 Å². The van der Waals surface area contributed by atoms with E-state index < -0.39 is 0 Å². The van der Waals surface area contributed by atoms with Crippen LogP contribution in [0.1, 0.15) is 19.4 Å². The molecule has 0 saturated carbocycles. The molecule has 0 aliphatic rings. The normalized spacial score (nSPS) is 10.5. The van der Waals surface area contributed by atoms with E-state index in [2.05, 4.69) is 0 Å². The van der Waals surface area contributed by atoms with Crippen molar-refractivity contribution in [2.75, 3.05) is 5.75 Å². The fourth-order valence-corrected chi connectivity index (χ4v) is 2.14. The molecule has 1 aromatic carbocycles. The number of carbonyl (C=O) groups excluding carboxylic acids is 1. The molecular formula is C12H15ClO2S. The first kappa shape index (κ1) is 13.4. The van der Waals surface area contributed by atoms with E-state index in [1.807, 2.05) is 38.1 Å². The highest BCUT2D eigenvalue weighted by Gasteiger charge is 2.05. The highest BCUT2D eigenvalue weighted by Crippen LogP contribution is 2.16. The first-order chi connectivity index (χ1) is 7.58. The molecule has 0 amide bonds. The summed E-state index contributed by atoms with van der Waals surface area (Å²) >= 11 is 7.39. The van der Waals surface area contributed by atoms with Crippen LogP contribution in [0.5, 0.6) is 0 Å². The molecule has 0 heterocycles. The molecule has 0 fully saturated rings. The van der Waals surface area contributed by atoms with Gasteiger partial charge in [-0.25, -0.2) is 0 Å². The van der Waals surface area contributed by atoms with E-state index in [1.165, 1.54) is 11.8 Å². The maximum absolute atomic E-state index is 11.2. The van der Waals surface area contributed by atoms with Crippen molar-refractivity contribution in [3.05, 3.63) is 34.9 Å². The average Bonchev–Trinajstić information content (AvgIpc) is 2.16. The van der Waals surface area contributed by atoms with Crippen molar-refractivity contribution >= 4 is 29.3 Å². The molecule has 0 aliphatic carbocycles. The number of ether oxygens (including phenoxy) is 1. The highest BCUT2D eigenvalue weighted by atomic mass is 35.5. The van der Waals surface area contributed by atoms with Gasteiger partial charge >= 0.3 is 5.97 Å². The number of hydrogen-bond donors (Lipinski definition) is 0. The van der Waals surface area contributed by atoms with Gasteiger partial charge in [-0.2, -0.15) is 0 Å². The van der Waals surface area contributed by atoms with Gasteiger partial charge < -0.3 is 4.74 Å². The van der Waals surface area contributed by atoms with E-state index >= 15 is 0 Å². The molecule has 0 saturated heterocycles. The molecule has 0 aliphatic heterocycles. The standard InChI is InChI=1S/C12H15ClO2S/c1-9(2)15-12(14)8-16-7-10-4-3-5-11(13)6-10/h3-6,9H,7-8H2,1-2H3. The number of benzene rings is 1. The Bertz CT molecular complexity index is 353. The molecule has 4 heteroatoms. The summed E-state index contributed by atoms with van der Waals surface area (Å²) in [4.78, 5) is 11.2. The smallest absolute Gasteiger partial charge is 0.316 e. The van der Waals surface area contributed by atoms with Gasteiger partial charge in [-0.05, 0) is 31.5 Å². The Kier molecular flexibility index (Phi) is 5.71. The molecule has 1 aromatic rings. The number of rotatable bonds is 5. The van der Waals surface area contributed by atoms with E-state index in [-0.39, 0.29) is 12.1 Å². The van der Waals surface area contributed by atoms with Crippen molar-refractivity contribution in [2.24, 2.45) is 0 Å². The maximum Gasteiger partial charge on any atom is 0.316 e. The first-order valence-corrected chi connectivity index (χ1v) is 6.63. The number of thioether (sulfide) groups is 1. The van der Waals surface area contributed by atoms with Gasteiger partial charge in [-0.3, -0.25) is 4.79 Å². The van der Waals surface area contributed by atoms with Gasteiger partial charge in [0.2, 0.25) is 0 Å². The van der Waals surface area contributed by atoms with Gasteiger partial charge in [-0.1, -0.05) is 23.7 Å². The first-order valence-electron chi connectivity index (χ1n) is 5.09. The zero-order valence-corrected chi connectivity index (χ0v) is 11.0. The Labute approximate surface area is 105 Å². The average molecular weight is 259 g/mol. The minimum absolute atomic E-state index is 0.0423. The van der Waals surface area contributed by atoms with Crippen molar-refractivity contribution in [3.63, 3.8) is 0 Å². The Balaban J connectivity index is 2.28. The quantitative estimate of drug-likeness (QED) is 0.756. The summed E-state index contributed by atoms with van der Waals surface area (Å²) < 4.78 is 5.03. The molecular weight excluding hydrogens is 244 g/mol. The van der Waals surface area contributed by atoms with Crippen LogP contribution in [-0.4, -0.2) is 17.8 Å². The van der Waals surface area contributed by atoms with Crippen LogP contribution < -0.4 is 0 Å². The summed E-state index contributed by atoms with van der Waals surface area (Å²) in [6.07, 6.45) is -0.0423. The zero-order valence-electron chi connectivity index (χ0n) is 9.40. The molecule has 0 atom stereocenters. The molecule has 0 radical (unpaired) electrons. The summed E-state index contributed by atoms with van der Waals surface area (Å²) in [5.41, 5.74) is 1.12. The third-order valence-electron chi connectivity index (χ3n) is 1.74. The van der Waals surface area contributed by atoms with Crippen molar-refractivity contribution in [3.8, 4) is 0 Å². The molecule has 0 spiro atoms. The summed E-state index contributed by atoms with van der Waals surface area (Å²) in [5, 5.41) is 0.725. The second kappa shape index (κ2) is 6.81.